The lowest BCUT2D eigenvalue weighted by atomic mass is 10.0. The molecule has 1 aliphatic carbocycles. The number of hydrogen-bond acceptors (Lipinski definition) is 4. The number of ketones is 1. The van der Waals surface area contributed by atoms with Gasteiger partial charge in [0.1, 0.15) is 5.69 Å². The maximum atomic E-state index is 13.0. The second kappa shape index (κ2) is 8.19. The van der Waals surface area contributed by atoms with E-state index in [1.807, 2.05) is 0 Å². The molecular weight excluding hydrogens is 380 g/mol. The Kier molecular flexibility index (Phi) is 5.89. The molecule has 0 bridgehead atoms. The molecule has 1 aliphatic rings. The SMILES string of the molecule is CCOC(=O)c1[nH]c(C)c(C(=O)CN(C(=O)c2cccc(Cl)c2)C2CC2)c1C. The third-order valence-electron chi connectivity index (χ3n) is 4.83. The molecule has 1 amide bonds. The lowest BCUT2D eigenvalue weighted by Gasteiger charge is -2.22. The number of halogens is 1. The van der Waals surface area contributed by atoms with Crippen molar-refractivity contribution >= 4 is 29.3 Å². The molecule has 148 valence electrons. The normalized spacial score (nSPS) is 13.3. The van der Waals surface area contributed by atoms with Crippen molar-refractivity contribution in [1.82, 2.24) is 9.88 Å². The number of hydrogen-bond donors (Lipinski definition) is 1. The molecule has 0 unspecified atom stereocenters. The Morgan fingerprint density at radius 1 is 1.25 bits per heavy atom. The van der Waals surface area contributed by atoms with Gasteiger partial charge in [0.2, 0.25) is 0 Å². The number of H-pyrrole nitrogens is 1. The summed E-state index contributed by atoms with van der Waals surface area (Å²) in [7, 11) is 0. The number of carbonyl (C=O) groups is 3. The van der Waals surface area contributed by atoms with Gasteiger partial charge < -0.3 is 14.6 Å². The average molecular weight is 403 g/mol. The van der Waals surface area contributed by atoms with Crippen molar-refractivity contribution in [3.8, 4) is 0 Å². The molecule has 1 fully saturated rings. The summed E-state index contributed by atoms with van der Waals surface area (Å²) < 4.78 is 5.03. The number of rotatable bonds is 7. The van der Waals surface area contributed by atoms with Crippen LogP contribution in [0.5, 0.6) is 0 Å². The molecule has 1 heterocycles. The quantitative estimate of drug-likeness (QED) is 0.561. The fourth-order valence-corrected chi connectivity index (χ4v) is 3.54. The fraction of sp³-hybridized carbons (Fsp3) is 0.381. The van der Waals surface area contributed by atoms with Gasteiger partial charge in [-0.3, -0.25) is 9.59 Å². The van der Waals surface area contributed by atoms with Crippen molar-refractivity contribution in [3.63, 3.8) is 0 Å². The number of nitrogens with zero attached hydrogens (tertiary/aromatic N) is 1. The summed E-state index contributed by atoms with van der Waals surface area (Å²) in [6, 6.07) is 6.78. The number of aromatic amines is 1. The van der Waals surface area contributed by atoms with E-state index in [9.17, 15) is 14.4 Å². The Balaban J connectivity index is 1.84. The Morgan fingerprint density at radius 2 is 1.96 bits per heavy atom. The zero-order chi connectivity index (χ0) is 20.4. The van der Waals surface area contributed by atoms with Crippen LogP contribution in [-0.4, -0.2) is 46.7 Å². The standard InChI is InChI=1S/C21H23ClN2O4/c1-4-28-21(27)19-12(2)18(13(3)23-19)17(25)11-24(16-8-9-16)20(26)14-6-5-7-15(22)10-14/h5-7,10,16,23H,4,8-9,11H2,1-3H3. The topological polar surface area (TPSA) is 79.5 Å². The molecule has 1 aromatic heterocycles. The molecule has 0 spiro atoms. The molecular formula is C21H23ClN2O4. The van der Waals surface area contributed by atoms with Crippen molar-refractivity contribution < 1.29 is 19.1 Å². The summed E-state index contributed by atoms with van der Waals surface area (Å²) in [5.74, 6) is -0.907. The fourth-order valence-electron chi connectivity index (χ4n) is 3.35. The molecule has 1 saturated carbocycles. The van der Waals surface area contributed by atoms with Crippen molar-refractivity contribution in [2.75, 3.05) is 13.2 Å². The monoisotopic (exact) mass is 402 g/mol. The minimum absolute atomic E-state index is 0.0438. The maximum Gasteiger partial charge on any atom is 0.355 e. The van der Waals surface area contributed by atoms with E-state index < -0.39 is 5.97 Å². The summed E-state index contributed by atoms with van der Waals surface area (Å²) in [6.45, 7) is 5.39. The van der Waals surface area contributed by atoms with Crippen LogP contribution in [0.3, 0.4) is 0 Å². The minimum atomic E-state index is -0.490. The molecule has 6 nitrogen and oxygen atoms in total. The molecule has 28 heavy (non-hydrogen) atoms. The summed E-state index contributed by atoms with van der Waals surface area (Å²) in [5.41, 5.74) is 2.32. The van der Waals surface area contributed by atoms with Crippen LogP contribution in [0.4, 0.5) is 0 Å². The number of ether oxygens (including phenoxy) is 1. The largest absolute Gasteiger partial charge is 0.461 e. The summed E-state index contributed by atoms with van der Waals surface area (Å²) in [6.07, 6.45) is 1.75. The predicted octanol–water partition coefficient (Wildman–Crippen LogP) is 3.95. The smallest absolute Gasteiger partial charge is 0.355 e. The molecule has 0 atom stereocenters. The van der Waals surface area contributed by atoms with E-state index in [4.69, 9.17) is 16.3 Å². The van der Waals surface area contributed by atoms with Gasteiger partial charge in [-0.2, -0.15) is 0 Å². The van der Waals surface area contributed by atoms with E-state index in [2.05, 4.69) is 4.98 Å². The Labute approximate surface area is 168 Å². The number of aryl methyl sites for hydroxylation is 1. The first-order valence-electron chi connectivity index (χ1n) is 9.29. The number of amides is 1. The Bertz CT molecular complexity index is 930. The van der Waals surface area contributed by atoms with Crippen LogP contribution in [0.1, 0.15) is 62.2 Å². The van der Waals surface area contributed by atoms with Crippen molar-refractivity contribution in [2.24, 2.45) is 0 Å². The third-order valence-corrected chi connectivity index (χ3v) is 5.07. The number of carbonyl (C=O) groups excluding carboxylic acids is 3. The number of esters is 1. The van der Waals surface area contributed by atoms with Gasteiger partial charge in [0.25, 0.3) is 5.91 Å². The van der Waals surface area contributed by atoms with Crippen LogP contribution in [0.15, 0.2) is 24.3 Å². The van der Waals surface area contributed by atoms with E-state index in [1.54, 1.807) is 49.9 Å². The average Bonchev–Trinajstić information content (AvgIpc) is 3.44. The highest BCUT2D eigenvalue weighted by atomic mass is 35.5. The third kappa shape index (κ3) is 4.12. The highest BCUT2D eigenvalue weighted by Crippen LogP contribution is 2.30. The van der Waals surface area contributed by atoms with Crippen LogP contribution < -0.4 is 0 Å². The summed E-state index contributed by atoms with van der Waals surface area (Å²) in [5, 5.41) is 0.476. The number of benzene rings is 1. The van der Waals surface area contributed by atoms with E-state index in [-0.39, 0.29) is 36.6 Å². The zero-order valence-corrected chi connectivity index (χ0v) is 16.9. The van der Waals surface area contributed by atoms with Gasteiger partial charge in [-0.05, 0) is 57.4 Å². The molecule has 0 aliphatic heterocycles. The van der Waals surface area contributed by atoms with Crippen LogP contribution in [-0.2, 0) is 4.74 Å². The highest BCUT2D eigenvalue weighted by molar-refractivity contribution is 6.31. The lowest BCUT2D eigenvalue weighted by Crippen LogP contribution is -2.37. The number of nitrogens with one attached hydrogen (secondary N) is 1. The van der Waals surface area contributed by atoms with Crippen LogP contribution >= 0.6 is 11.6 Å². The van der Waals surface area contributed by atoms with E-state index >= 15 is 0 Å². The van der Waals surface area contributed by atoms with Crippen molar-refractivity contribution in [1.29, 1.82) is 0 Å². The first-order valence-corrected chi connectivity index (χ1v) is 9.67. The van der Waals surface area contributed by atoms with Gasteiger partial charge in [0, 0.05) is 27.9 Å². The van der Waals surface area contributed by atoms with Crippen molar-refractivity contribution in [2.45, 2.75) is 39.7 Å². The summed E-state index contributed by atoms with van der Waals surface area (Å²) in [4.78, 5) is 42.6. The van der Waals surface area contributed by atoms with Gasteiger partial charge >= 0.3 is 5.97 Å². The molecule has 1 aromatic carbocycles. The molecule has 0 radical (unpaired) electrons. The van der Waals surface area contributed by atoms with E-state index in [0.717, 1.165) is 12.8 Å². The van der Waals surface area contributed by atoms with Gasteiger partial charge in [0.05, 0.1) is 13.2 Å². The van der Waals surface area contributed by atoms with Gasteiger partial charge in [-0.1, -0.05) is 17.7 Å². The Morgan fingerprint density at radius 3 is 2.57 bits per heavy atom. The van der Waals surface area contributed by atoms with Crippen LogP contribution in [0.2, 0.25) is 5.02 Å². The molecule has 7 heteroatoms. The van der Waals surface area contributed by atoms with Gasteiger partial charge in [-0.15, -0.1) is 0 Å². The highest BCUT2D eigenvalue weighted by Gasteiger charge is 2.35. The van der Waals surface area contributed by atoms with E-state index in [1.165, 1.54) is 0 Å². The maximum absolute atomic E-state index is 13.0. The lowest BCUT2D eigenvalue weighted by molar-refractivity contribution is 0.0519. The number of Topliss-reactive ketones (excluding diaryl/α,β-unsaturated/α-hetero) is 1. The van der Waals surface area contributed by atoms with Crippen molar-refractivity contribution in [3.05, 3.63) is 57.4 Å². The molecule has 1 N–H and O–H groups in total. The predicted molar refractivity (Wildman–Crippen MR) is 106 cm³/mol. The first-order chi connectivity index (χ1) is 13.3. The first kappa shape index (κ1) is 20.1. The Hall–Kier alpha value is -2.60. The second-order valence-corrected chi connectivity index (χ2v) is 7.38. The second-order valence-electron chi connectivity index (χ2n) is 6.94. The number of aromatic nitrogens is 1. The van der Waals surface area contributed by atoms with Gasteiger partial charge in [-0.25, -0.2) is 4.79 Å². The van der Waals surface area contributed by atoms with Gasteiger partial charge in [0.15, 0.2) is 5.78 Å². The van der Waals surface area contributed by atoms with Crippen LogP contribution in [0.25, 0.3) is 0 Å². The van der Waals surface area contributed by atoms with E-state index in [0.29, 0.717) is 27.4 Å². The molecule has 0 saturated heterocycles. The minimum Gasteiger partial charge on any atom is -0.461 e. The molecule has 2 aromatic rings. The van der Waals surface area contributed by atoms with Crippen LogP contribution in [0, 0.1) is 13.8 Å². The summed E-state index contributed by atoms with van der Waals surface area (Å²) >= 11 is 6.00. The zero-order valence-electron chi connectivity index (χ0n) is 16.2. The molecule has 3 rings (SSSR count).